The Morgan fingerprint density at radius 1 is 0.794 bits per heavy atom. The minimum Gasteiger partial charge on any atom is -0.462 e. The molecular weight excluding hydrogens is 450 g/mol. The molecule has 0 saturated carbocycles. The van der Waals surface area contributed by atoms with Crippen LogP contribution in [0.4, 0.5) is 0 Å². The Hall–Kier alpha value is -3.83. The topological polar surface area (TPSA) is 68.4 Å². The molecule has 0 aliphatic heterocycles. The summed E-state index contributed by atoms with van der Waals surface area (Å²) in [4.78, 5) is 27.5. The maximum Gasteiger partial charge on any atom is 0.338 e. The van der Waals surface area contributed by atoms with Crippen LogP contribution in [0.1, 0.15) is 51.4 Å². The lowest BCUT2D eigenvalue weighted by Crippen LogP contribution is -2.04. The Balaban J connectivity index is 1.76. The van der Waals surface area contributed by atoms with E-state index in [4.69, 9.17) is 21.1 Å². The van der Waals surface area contributed by atoms with Crippen molar-refractivity contribution >= 4 is 46.1 Å². The van der Waals surface area contributed by atoms with E-state index in [1.165, 1.54) is 0 Å². The van der Waals surface area contributed by atoms with Gasteiger partial charge in [0.15, 0.2) is 0 Å². The van der Waals surface area contributed by atoms with E-state index in [9.17, 15) is 9.59 Å². The first-order valence-corrected chi connectivity index (χ1v) is 11.4. The van der Waals surface area contributed by atoms with E-state index < -0.39 is 0 Å². The van der Waals surface area contributed by atoms with E-state index in [1.54, 1.807) is 38.1 Å². The normalized spacial score (nSPS) is 11.4. The quantitative estimate of drug-likeness (QED) is 0.238. The molecule has 0 bridgehead atoms. The van der Waals surface area contributed by atoms with Crippen LogP contribution in [0.3, 0.4) is 0 Å². The monoisotopic (exact) mass is 473 g/mol. The van der Waals surface area contributed by atoms with Gasteiger partial charge in [0.05, 0.1) is 24.3 Å². The molecule has 172 valence electrons. The van der Waals surface area contributed by atoms with Crippen LogP contribution >= 0.6 is 11.6 Å². The summed E-state index contributed by atoms with van der Waals surface area (Å²) in [5.74, 6) is -0.699. The Bertz CT molecular complexity index is 1350. The lowest BCUT2D eigenvalue weighted by Gasteiger charge is -2.09. The molecule has 6 heteroatoms. The number of hydrogen-bond acceptors (Lipinski definition) is 4. The number of aromatic nitrogens is 1. The largest absolute Gasteiger partial charge is 0.462 e. The predicted octanol–water partition coefficient (Wildman–Crippen LogP) is 6.76. The van der Waals surface area contributed by atoms with Gasteiger partial charge < -0.3 is 14.5 Å². The molecule has 1 heterocycles. The maximum absolute atomic E-state index is 12.1. The van der Waals surface area contributed by atoms with Crippen molar-refractivity contribution in [1.82, 2.24) is 4.98 Å². The van der Waals surface area contributed by atoms with Crippen LogP contribution in [0.25, 0.3) is 22.6 Å². The molecule has 1 N–H and O–H groups in total. The number of carbonyl (C=O) groups is 2. The molecule has 1 aromatic heterocycles. The van der Waals surface area contributed by atoms with Gasteiger partial charge in [0.2, 0.25) is 0 Å². The third-order valence-corrected chi connectivity index (χ3v) is 5.55. The van der Waals surface area contributed by atoms with Gasteiger partial charge in [-0.3, -0.25) is 0 Å². The number of fused-ring (bicyclic) bond motifs is 1. The number of carbonyl (C=O) groups excluding carboxylic acids is 2. The van der Waals surface area contributed by atoms with Crippen LogP contribution in [0.2, 0.25) is 5.02 Å². The minimum absolute atomic E-state index is 0.325. The van der Waals surface area contributed by atoms with Crippen molar-refractivity contribution in [2.45, 2.75) is 13.8 Å². The molecule has 0 amide bonds. The first kappa shape index (κ1) is 23.3. The summed E-state index contributed by atoms with van der Waals surface area (Å²) in [6, 6.07) is 22.3. The first-order valence-electron chi connectivity index (χ1n) is 11.0. The molecule has 0 spiro atoms. The van der Waals surface area contributed by atoms with Crippen LogP contribution in [0.15, 0.2) is 72.8 Å². The van der Waals surface area contributed by atoms with Gasteiger partial charge in [-0.15, -0.1) is 0 Å². The molecular formula is C28H24ClNO4. The minimum atomic E-state index is -0.352. The summed E-state index contributed by atoms with van der Waals surface area (Å²) in [7, 11) is 0. The van der Waals surface area contributed by atoms with Crippen LogP contribution < -0.4 is 0 Å². The van der Waals surface area contributed by atoms with E-state index in [0.29, 0.717) is 29.4 Å². The molecule has 5 nitrogen and oxygen atoms in total. The lowest BCUT2D eigenvalue weighted by atomic mass is 9.98. The van der Waals surface area contributed by atoms with Crippen LogP contribution in [-0.2, 0) is 9.47 Å². The number of H-pyrrole nitrogens is 1. The van der Waals surface area contributed by atoms with Gasteiger partial charge >= 0.3 is 11.9 Å². The zero-order valence-electron chi connectivity index (χ0n) is 18.9. The highest BCUT2D eigenvalue weighted by Crippen LogP contribution is 2.30. The lowest BCUT2D eigenvalue weighted by molar-refractivity contribution is 0.0516. The zero-order chi connectivity index (χ0) is 24.1. The molecule has 0 fully saturated rings. The summed E-state index contributed by atoms with van der Waals surface area (Å²) < 4.78 is 10.2. The Morgan fingerprint density at radius 3 is 1.94 bits per heavy atom. The van der Waals surface area contributed by atoms with Gasteiger partial charge in [0.25, 0.3) is 0 Å². The molecule has 0 aliphatic carbocycles. The smallest absolute Gasteiger partial charge is 0.338 e. The molecule has 0 saturated heterocycles. The third-order valence-electron chi connectivity index (χ3n) is 5.31. The average Bonchev–Trinajstić information content (AvgIpc) is 3.26. The number of hydrogen-bond donors (Lipinski definition) is 1. The van der Waals surface area contributed by atoms with E-state index in [-0.39, 0.29) is 11.9 Å². The SMILES string of the molecule is CCOC(=O)c1ccc(/C=C(\c2ccc(C(=O)OCC)cc2)c2cc3cc(Cl)ccc3[nH]2)cc1. The number of aromatic amines is 1. The van der Waals surface area contributed by atoms with Crippen molar-refractivity contribution in [2.24, 2.45) is 0 Å². The molecule has 0 atom stereocenters. The van der Waals surface area contributed by atoms with Crippen molar-refractivity contribution < 1.29 is 19.1 Å². The van der Waals surface area contributed by atoms with Crippen molar-refractivity contribution in [3.05, 3.63) is 106 Å². The number of rotatable bonds is 7. The highest BCUT2D eigenvalue weighted by Gasteiger charge is 2.13. The van der Waals surface area contributed by atoms with Crippen molar-refractivity contribution in [3.8, 4) is 0 Å². The van der Waals surface area contributed by atoms with Gasteiger partial charge in [-0.05, 0) is 79.6 Å². The number of esters is 2. The number of nitrogens with one attached hydrogen (secondary N) is 1. The van der Waals surface area contributed by atoms with Gasteiger partial charge in [0, 0.05) is 27.2 Å². The summed E-state index contributed by atoms with van der Waals surface area (Å²) in [5.41, 5.74) is 5.61. The van der Waals surface area contributed by atoms with Crippen LogP contribution in [-0.4, -0.2) is 30.1 Å². The van der Waals surface area contributed by atoms with Crippen molar-refractivity contribution in [3.63, 3.8) is 0 Å². The fraction of sp³-hybridized carbons (Fsp3) is 0.143. The Kier molecular flexibility index (Phi) is 7.14. The number of ether oxygens (including phenoxy) is 2. The van der Waals surface area contributed by atoms with E-state index in [0.717, 1.165) is 33.3 Å². The summed E-state index contributed by atoms with van der Waals surface area (Å²) in [6.45, 7) is 4.21. The van der Waals surface area contributed by atoms with Crippen molar-refractivity contribution in [2.75, 3.05) is 13.2 Å². The fourth-order valence-corrected chi connectivity index (χ4v) is 3.84. The Labute approximate surface area is 203 Å². The van der Waals surface area contributed by atoms with E-state index in [2.05, 4.69) is 4.98 Å². The summed E-state index contributed by atoms with van der Waals surface area (Å²) >= 11 is 6.18. The fourth-order valence-electron chi connectivity index (χ4n) is 3.66. The Morgan fingerprint density at radius 2 is 1.35 bits per heavy atom. The second-order valence-corrected chi connectivity index (χ2v) is 8.05. The molecule has 4 aromatic rings. The highest BCUT2D eigenvalue weighted by molar-refractivity contribution is 6.31. The second kappa shape index (κ2) is 10.4. The van der Waals surface area contributed by atoms with Crippen LogP contribution in [0, 0.1) is 0 Å². The standard InChI is InChI=1S/C28H24ClNO4/c1-3-33-27(31)20-7-5-18(6-8-20)15-24(19-9-11-21(12-10-19)28(32)34-4-2)26-17-22-16-23(29)13-14-25(22)30-26/h5-17,30H,3-4H2,1-2H3/b24-15+. The number of halogens is 1. The highest BCUT2D eigenvalue weighted by atomic mass is 35.5. The predicted molar refractivity (Wildman–Crippen MR) is 135 cm³/mol. The first-order chi connectivity index (χ1) is 16.5. The molecule has 0 unspecified atom stereocenters. The maximum atomic E-state index is 12.1. The van der Waals surface area contributed by atoms with E-state index >= 15 is 0 Å². The third kappa shape index (κ3) is 5.21. The molecule has 34 heavy (non-hydrogen) atoms. The molecule has 3 aromatic carbocycles. The summed E-state index contributed by atoms with van der Waals surface area (Å²) in [5, 5.41) is 1.66. The second-order valence-electron chi connectivity index (χ2n) is 7.61. The summed E-state index contributed by atoms with van der Waals surface area (Å²) in [6.07, 6.45) is 2.03. The van der Waals surface area contributed by atoms with Gasteiger partial charge in [-0.1, -0.05) is 35.9 Å². The average molecular weight is 474 g/mol. The molecule has 4 rings (SSSR count). The zero-order valence-corrected chi connectivity index (χ0v) is 19.7. The van der Waals surface area contributed by atoms with E-state index in [1.807, 2.05) is 54.6 Å². The van der Waals surface area contributed by atoms with Gasteiger partial charge in [0.1, 0.15) is 0 Å². The van der Waals surface area contributed by atoms with Gasteiger partial charge in [-0.2, -0.15) is 0 Å². The van der Waals surface area contributed by atoms with Gasteiger partial charge in [-0.25, -0.2) is 9.59 Å². The molecule has 0 radical (unpaired) electrons. The van der Waals surface area contributed by atoms with Crippen molar-refractivity contribution in [1.29, 1.82) is 0 Å². The van der Waals surface area contributed by atoms with Crippen LogP contribution in [0.5, 0.6) is 0 Å². The number of benzene rings is 3. The molecule has 0 aliphatic rings.